The van der Waals surface area contributed by atoms with Crippen LogP contribution < -0.4 is 14.8 Å². The fraction of sp³-hybridized carbons (Fsp3) is 0.562. The molecule has 5 nitrogen and oxygen atoms in total. The molecule has 0 aromatic heterocycles. The summed E-state index contributed by atoms with van der Waals surface area (Å²) in [6, 6.07) is 1.82. The summed E-state index contributed by atoms with van der Waals surface area (Å²) in [6.07, 6.45) is 0.543. The zero-order valence-corrected chi connectivity index (χ0v) is 14.0. The Labute approximate surface area is 135 Å². The number of benzene rings is 1. The molecule has 1 fully saturated rings. The number of carboxylic acid groups (broad SMARTS) is 1. The van der Waals surface area contributed by atoms with Crippen LogP contribution in [-0.2, 0) is 4.79 Å². The minimum absolute atomic E-state index is 0.0455. The van der Waals surface area contributed by atoms with Crippen molar-refractivity contribution in [1.82, 2.24) is 5.32 Å². The van der Waals surface area contributed by atoms with E-state index in [1.807, 2.05) is 6.07 Å². The van der Waals surface area contributed by atoms with Crippen LogP contribution in [0.5, 0.6) is 11.5 Å². The maximum Gasteiger partial charge on any atom is 0.307 e. The first kappa shape index (κ1) is 16.9. The number of rotatable bonds is 5. The number of methoxy groups -OCH3 is 2. The van der Waals surface area contributed by atoms with E-state index in [-0.39, 0.29) is 17.9 Å². The fourth-order valence-electron chi connectivity index (χ4n) is 3.08. The van der Waals surface area contributed by atoms with Gasteiger partial charge in [0.2, 0.25) is 0 Å². The van der Waals surface area contributed by atoms with Crippen molar-refractivity contribution in [1.29, 1.82) is 0 Å². The second-order valence-electron chi connectivity index (χ2n) is 5.81. The number of carbonyl (C=O) groups is 1. The molecule has 6 heteroatoms. The average molecular weight is 328 g/mol. The maximum atomic E-state index is 11.2. The first-order valence-corrected chi connectivity index (χ1v) is 7.68. The number of hydrogen-bond donors (Lipinski definition) is 2. The van der Waals surface area contributed by atoms with Crippen molar-refractivity contribution in [2.24, 2.45) is 5.92 Å². The lowest BCUT2D eigenvalue weighted by Crippen LogP contribution is -2.18. The van der Waals surface area contributed by atoms with Crippen molar-refractivity contribution < 1.29 is 19.4 Å². The number of aliphatic carboxylic acids is 1. The van der Waals surface area contributed by atoms with Crippen LogP contribution in [0.1, 0.15) is 43.4 Å². The molecule has 122 valence electrons. The molecule has 2 N–H and O–H groups in total. The number of nitrogens with one attached hydrogen (secondary N) is 1. The van der Waals surface area contributed by atoms with Gasteiger partial charge in [0.1, 0.15) is 0 Å². The second-order valence-corrected chi connectivity index (χ2v) is 6.22. The lowest BCUT2D eigenvalue weighted by atomic mass is 9.89. The Morgan fingerprint density at radius 2 is 2.00 bits per heavy atom. The average Bonchev–Trinajstić information content (AvgIpc) is 2.95. The van der Waals surface area contributed by atoms with E-state index >= 15 is 0 Å². The van der Waals surface area contributed by atoms with Gasteiger partial charge in [0, 0.05) is 18.2 Å². The zero-order chi connectivity index (χ0) is 16.4. The van der Waals surface area contributed by atoms with Gasteiger partial charge in [-0.2, -0.15) is 0 Å². The summed E-state index contributed by atoms with van der Waals surface area (Å²) in [5.41, 5.74) is 1.99. The number of ether oxygens (including phenoxy) is 2. The van der Waals surface area contributed by atoms with Gasteiger partial charge in [-0.1, -0.05) is 25.4 Å². The lowest BCUT2D eigenvalue weighted by Gasteiger charge is -2.24. The molecule has 1 aliphatic rings. The molecule has 1 aliphatic heterocycles. The zero-order valence-electron chi connectivity index (χ0n) is 13.3. The molecule has 0 radical (unpaired) electrons. The summed E-state index contributed by atoms with van der Waals surface area (Å²) in [4.78, 5) is 11.2. The Morgan fingerprint density at radius 3 is 2.45 bits per heavy atom. The summed E-state index contributed by atoms with van der Waals surface area (Å²) < 4.78 is 10.9. The molecule has 0 bridgehead atoms. The summed E-state index contributed by atoms with van der Waals surface area (Å²) >= 11 is 6.32. The second kappa shape index (κ2) is 6.75. The largest absolute Gasteiger partial charge is 0.492 e. The molecule has 1 saturated heterocycles. The highest BCUT2D eigenvalue weighted by Crippen LogP contribution is 2.46. The standard InChI is InChI=1S/C16H22ClNO4/c1-8(2)13-10(12-5-9(7-18-12)16(19)20)6-11(17)14(21-3)15(13)22-4/h6,8-9,12,18H,5,7H2,1-4H3,(H,19,20). The van der Waals surface area contributed by atoms with Crippen LogP contribution in [0.25, 0.3) is 0 Å². The quantitative estimate of drug-likeness (QED) is 0.869. The van der Waals surface area contributed by atoms with Crippen LogP contribution in [-0.4, -0.2) is 31.8 Å². The third-order valence-electron chi connectivity index (χ3n) is 4.10. The molecule has 22 heavy (non-hydrogen) atoms. The minimum atomic E-state index is -0.771. The Morgan fingerprint density at radius 1 is 1.36 bits per heavy atom. The Hall–Kier alpha value is -1.46. The Kier molecular flexibility index (Phi) is 5.19. The predicted molar refractivity (Wildman–Crippen MR) is 85.1 cm³/mol. The molecule has 1 heterocycles. The Balaban J connectivity index is 2.51. The lowest BCUT2D eigenvalue weighted by molar-refractivity contribution is -0.141. The topological polar surface area (TPSA) is 67.8 Å². The first-order valence-electron chi connectivity index (χ1n) is 7.31. The van der Waals surface area contributed by atoms with E-state index in [1.165, 1.54) is 0 Å². The van der Waals surface area contributed by atoms with Crippen molar-refractivity contribution in [3.8, 4) is 11.5 Å². The van der Waals surface area contributed by atoms with Crippen molar-refractivity contribution >= 4 is 17.6 Å². The van der Waals surface area contributed by atoms with E-state index in [1.54, 1.807) is 14.2 Å². The molecule has 0 amide bonds. The van der Waals surface area contributed by atoms with Gasteiger partial charge in [0.05, 0.1) is 25.2 Å². The van der Waals surface area contributed by atoms with E-state index in [0.717, 1.165) is 11.1 Å². The monoisotopic (exact) mass is 327 g/mol. The van der Waals surface area contributed by atoms with Crippen LogP contribution in [0.15, 0.2) is 6.07 Å². The fourth-order valence-corrected chi connectivity index (χ4v) is 3.36. The van der Waals surface area contributed by atoms with Crippen molar-refractivity contribution in [2.75, 3.05) is 20.8 Å². The first-order chi connectivity index (χ1) is 10.4. The smallest absolute Gasteiger partial charge is 0.307 e. The van der Waals surface area contributed by atoms with Crippen LogP contribution in [0.2, 0.25) is 5.02 Å². The molecule has 1 aromatic rings. The molecular weight excluding hydrogens is 306 g/mol. The van der Waals surface area contributed by atoms with E-state index in [2.05, 4.69) is 19.2 Å². The van der Waals surface area contributed by atoms with Gasteiger partial charge in [-0.3, -0.25) is 4.79 Å². The number of hydrogen-bond acceptors (Lipinski definition) is 4. The van der Waals surface area contributed by atoms with Crippen molar-refractivity contribution in [2.45, 2.75) is 32.2 Å². The van der Waals surface area contributed by atoms with Crippen LogP contribution >= 0.6 is 11.6 Å². The third kappa shape index (κ3) is 3.01. The highest BCUT2D eigenvalue weighted by Gasteiger charge is 2.33. The molecule has 2 unspecified atom stereocenters. The molecule has 1 aromatic carbocycles. The van der Waals surface area contributed by atoms with E-state index in [4.69, 9.17) is 21.1 Å². The minimum Gasteiger partial charge on any atom is -0.492 e. The normalized spacial score (nSPS) is 21.2. The van der Waals surface area contributed by atoms with Gasteiger partial charge in [0.15, 0.2) is 11.5 Å². The SMILES string of the molecule is COc1c(Cl)cc(C2CC(C(=O)O)CN2)c(C(C)C)c1OC. The van der Waals surface area contributed by atoms with Gasteiger partial charge in [0.25, 0.3) is 0 Å². The molecule has 2 atom stereocenters. The van der Waals surface area contributed by atoms with Gasteiger partial charge >= 0.3 is 5.97 Å². The molecule has 2 rings (SSSR count). The Bertz CT molecular complexity index is 574. The third-order valence-corrected chi connectivity index (χ3v) is 4.38. The van der Waals surface area contributed by atoms with Gasteiger partial charge < -0.3 is 19.9 Å². The molecular formula is C16H22ClNO4. The van der Waals surface area contributed by atoms with E-state index in [0.29, 0.717) is 29.5 Å². The summed E-state index contributed by atoms with van der Waals surface area (Å²) in [5, 5.41) is 12.9. The molecule has 0 spiro atoms. The maximum absolute atomic E-state index is 11.2. The van der Waals surface area contributed by atoms with Gasteiger partial charge in [-0.25, -0.2) is 0 Å². The highest BCUT2D eigenvalue weighted by molar-refractivity contribution is 6.32. The van der Waals surface area contributed by atoms with Gasteiger partial charge in [-0.05, 0) is 24.0 Å². The molecule has 0 aliphatic carbocycles. The summed E-state index contributed by atoms with van der Waals surface area (Å²) in [5.74, 6) is 0.191. The van der Waals surface area contributed by atoms with Crippen molar-refractivity contribution in [3.63, 3.8) is 0 Å². The van der Waals surface area contributed by atoms with E-state index in [9.17, 15) is 9.90 Å². The van der Waals surface area contributed by atoms with E-state index < -0.39 is 5.97 Å². The van der Waals surface area contributed by atoms with Gasteiger partial charge in [-0.15, -0.1) is 0 Å². The molecule has 0 saturated carbocycles. The predicted octanol–water partition coefficient (Wildman–Crippen LogP) is 3.22. The van der Waals surface area contributed by atoms with Crippen LogP contribution in [0.4, 0.5) is 0 Å². The highest BCUT2D eigenvalue weighted by atomic mass is 35.5. The number of carboxylic acids is 1. The number of halogens is 1. The van der Waals surface area contributed by atoms with Crippen LogP contribution in [0, 0.1) is 5.92 Å². The van der Waals surface area contributed by atoms with Crippen molar-refractivity contribution in [3.05, 3.63) is 22.2 Å². The van der Waals surface area contributed by atoms with Crippen LogP contribution in [0.3, 0.4) is 0 Å². The summed E-state index contributed by atoms with van der Waals surface area (Å²) in [7, 11) is 3.15. The summed E-state index contributed by atoms with van der Waals surface area (Å²) in [6.45, 7) is 4.60.